The number of nitrogen functional groups attached to an aromatic ring is 1. The smallest absolute Gasteiger partial charge is 0.245 e. The Morgan fingerprint density at radius 2 is 2.00 bits per heavy atom. The largest absolute Gasteiger partial charge is 0.382 e. The number of benzene rings is 1. The first-order valence-electron chi connectivity index (χ1n) is 9.52. The number of aromatic nitrogens is 2. The summed E-state index contributed by atoms with van der Waals surface area (Å²) in [6, 6.07) is 7.02. The molecule has 1 fully saturated rings. The molecule has 7 nitrogen and oxygen atoms in total. The van der Waals surface area contributed by atoms with Gasteiger partial charge >= 0.3 is 0 Å². The topological polar surface area (TPSA) is 92.4 Å². The number of carbonyl (C=O) groups excluding carboxylic acids is 2. The van der Waals surface area contributed by atoms with Crippen LogP contribution in [0.15, 0.2) is 43.2 Å². The second-order valence-electron chi connectivity index (χ2n) is 7.68. The van der Waals surface area contributed by atoms with E-state index in [0.717, 1.165) is 12.8 Å². The normalized spacial score (nSPS) is 21.6. The molecule has 2 aliphatic heterocycles. The van der Waals surface area contributed by atoms with E-state index >= 15 is 0 Å². The fraction of sp³-hybridized carbons (Fsp3) is 0.333. The number of carbonyl (C=O) groups is 2. The van der Waals surface area contributed by atoms with Gasteiger partial charge in [0.1, 0.15) is 12.0 Å². The van der Waals surface area contributed by atoms with Gasteiger partial charge in [0.25, 0.3) is 0 Å². The standard InChI is InChI=1S/C21H22ClN5O2/c1-2-17(28)26-9-3-8-21(12-26)10-16-19(20(23)25-13-24-16)27(18(29)11-21)15-6-4-14(22)5-7-15/h2,4-7,13H,1,3,8-12H2,(H2,23,24,25). The highest BCUT2D eigenvalue weighted by Crippen LogP contribution is 2.45. The molecule has 150 valence electrons. The van der Waals surface area contributed by atoms with Crippen molar-refractivity contribution in [2.45, 2.75) is 25.7 Å². The number of anilines is 3. The molecule has 2 N–H and O–H groups in total. The van der Waals surface area contributed by atoms with Gasteiger partial charge in [0.05, 0.1) is 5.69 Å². The van der Waals surface area contributed by atoms with E-state index in [1.54, 1.807) is 34.1 Å². The Morgan fingerprint density at radius 1 is 1.24 bits per heavy atom. The molecule has 0 bridgehead atoms. The van der Waals surface area contributed by atoms with E-state index in [1.165, 1.54) is 12.4 Å². The van der Waals surface area contributed by atoms with E-state index in [9.17, 15) is 9.59 Å². The third-order valence-electron chi connectivity index (χ3n) is 5.70. The van der Waals surface area contributed by atoms with Crippen molar-refractivity contribution in [1.29, 1.82) is 0 Å². The van der Waals surface area contributed by atoms with Gasteiger partial charge in [-0.1, -0.05) is 18.2 Å². The van der Waals surface area contributed by atoms with Gasteiger partial charge < -0.3 is 10.6 Å². The zero-order valence-electron chi connectivity index (χ0n) is 16.0. The zero-order chi connectivity index (χ0) is 20.6. The molecule has 0 radical (unpaired) electrons. The van der Waals surface area contributed by atoms with Crippen LogP contribution in [0.5, 0.6) is 0 Å². The fourth-order valence-electron chi connectivity index (χ4n) is 4.42. The van der Waals surface area contributed by atoms with Gasteiger partial charge in [0, 0.05) is 35.6 Å². The van der Waals surface area contributed by atoms with Gasteiger partial charge in [-0.2, -0.15) is 0 Å². The molecule has 0 aliphatic carbocycles. The zero-order valence-corrected chi connectivity index (χ0v) is 16.7. The summed E-state index contributed by atoms with van der Waals surface area (Å²) in [5.41, 5.74) is 7.69. The van der Waals surface area contributed by atoms with Gasteiger partial charge in [0.15, 0.2) is 5.82 Å². The minimum atomic E-state index is -0.398. The van der Waals surface area contributed by atoms with Crippen LogP contribution >= 0.6 is 11.6 Å². The van der Waals surface area contributed by atoms with E-state index in [-0.39, 0.29) is 24.1 Å². The van der Waals surface area contributed by atoms with E-state index in [1.807, 2.05) is 0 Å². The molecule has 1 aromatic carbocycles. The van der Waals surface area contributed by atoms with Crippen molar-refractivity contribution in [3.63, 3.8) is 0 Å². The number of rotatable bonds is 2. The second kappa shape index (κ2) is 7.48. The van der Waals surface area contributed by atoms with Crippen LogP contribution in [0.1, 0.15) is 25.0 Å². The summed E-state index contributed by atoms with van der Waals surface area (Å²) in [5, 5.41) is 0.579. The third-order valence-corrected chi connectivity index (χ3v) is 5.95. The van der Waals surface area contributed by atoms with Crippen LogP contribution in [0, 0.1) is 5.41 Å². The van der Waals surface area contributed by atoms with Gasteiger partial charge in [-0.3, -0.25) is 14.5 Å². The summed E-state index contributed by atoms with van der Waals surface area (Å²) in [7, 11) is 0. The van der Waals surface area contributed by atoms with Gasteiger partial charge in [-0.15, -0.1) is 0 Å². The minimum absolute atomic E-state index is 0.0968. The van der Waals surface area contributed by atoms with Crippen LogP contribution in [0.25, 0.3) is 0 Å². The lowest BCUT2D eigenvalue weighted by molar-refractivity contribution is -0.131. The SMILES string of the molecule is C=CC(=O)N1CCCC2(CC(=O)N(c3ccc(Cl)cc3)c3c(N)ncnc3C2)C1. The molecule has 2 aromatic rings. The average molecular weight is 412 g/mol. The summed E-state index contributed by atoms with van der Waals surface area (Å²) in [6.45, 7) is 4.75. The van der Waals surface area contributed by atoms with E-state index < -0.39 is 5.41 Å². The highest BCUT2D eigenvalue weighted by molar-refractivity contribution is 6.30. The molecule has 1 aromatic heterocycles. The molecule has 4 rings (SSSR count). The van der Waals surface area contributed by atoms with Crippen molar-refractivity contribution in [2.24, 2.45) is 5.41 Å². The van der Waals surface area contributed by atoms with E-state index in [2.05, 4.69) is 16.5 Å². The summed E-state index contributed by atoms with van der Waals surface area (Å²) in [6.07, 6.45) is 5.23. The number of nitrogens with zero attached hydrogens (tertiary/aromatic N) is 4. The van der Waals surface area contributed by atoms with Crippen molar-refractivity contribution >= 4 is 40.6 Å². The molecular formula is C21H22ClN5O2. The lowest BCUT2D eigenvalue weighted by Crippen LogP contribution is -2.47. The van der Waals surface area contributed by atoms with Crippen LogP contribution in [-0.2, 0) is 16.0 Å². The number of fused-ring (bicyclic) bond motifs is 1. The molecule has 2 aliphatic rings. The number of nitrogens with two attached hydrogens (primary N) is 1. The first-order valence-corrected chi connectivity index (χ1v) is 9.89. The molecule has 8 heteroatoms. The number of halogens is 1. The molecule has 0 saturated carbocycles. The molecule has 1 atom stereocenters. The molecule has 2 amide bonds. The number of hydrogen-bond donors (Lipinski definition) is 1. The Labute approximate surface area is 174 Å². The van der Waals surface area contributed by atoms with Crippen LogP contribution < -0.4 is 10.6 Å². The van der Waals surface area contributed by atoms with Crippen LogP contribution in [0.3, 0.4) is 0 Å². The van der Waals surface area contributed by atoms with Crippen molar-refractivity contribution in [1.82, 2.24) is 14.9 Å². The lowest BCUT2D eigenvalue weighted by Gasteiger charge is -2.41. The first-order chi connectivity index (χ1) is 13.9. The van der Waals surface area contributed by atoms with Gasteiger partial charge in [-0.05, 0) is 49.6 Å². The monoisotopic (exact) mass is 411 g/mol. The quantitative estimate of drug-likeness (QED) is 0.766. The molecule has 3 heterocycles. The highest BCUT2D eigenvalue weighted by atomic mass is 35.5. The molecular weight excluding hydrogens is 390 g/mol. The maximum absolute atomic E-state index is 13.5. The van der Waals surface area contributed by atoms with Crippen molar-refractivity contribution in [3.05, 3.63) is 54.0 Å². The van der Waals surface area contributed by atoms with Gasteiger partial charge in [0.2, 0.25) is 11.8 Å². The first kappa shape index (κ1) is 19.4. The predicted octanol–water partition coefficient (Wildman–Crippen LogP) is 3.12. The maximum atomic E-state index is 13.5. The summed E-state index contributed by atoms with van der Waals surface area (Å²) < 4.78 is 0. The van der Waals surface area contributed by atoms with Crippen LogP contribution in [0.2, 0.25) is 5.02 Å². The summed E-state index contributed by atoms with van der Waals surface area (Å²) >= 11 is 6.03. The molecule has 29 heavy (non-hydrogen) atoms. The average Bonchev–Trinajstić information content (AvgIpc) is 2.82. The van der Waals surface area contributed by atoms with Crippen molar-refractivity contribution in [2.75, 3.05) is 23.7 Å². The Bertz CT molecular complexity index is 978. The Balaban J connectivity index is 1.80. The lowest BCUT2D eigenvalue weighted by atomic mass is 9.73. The fourth-order valence-corrected chi connectivity index (χ4v) is 4.55. The molecule has 1 unspecified atom stereocenters. The summed E-state index contributed by atoms with van der Waals surface area (Å²) in [4.78, 5) is 37.7. The Kier molecular flexibility index (Phi) is 5.00. The van der Waals surface area contributed by atoms with Crippen LogP contribution in [0.4, 0.5) is 17.2 Å². The second-order valence-corrected chi connectivity index (χ2v) is 8.12. The van der Waals surface area contributed by atoms with E-state index in [4.69, 9.17) is 17.3 Å². The molecule has 1 saturated heterocycles. The third kappa shape index (κ3) is 3.58. The van der Waals surface area contributed by atoms with Crippen molar-refractivity contribution in [3.8, 4) is 0 Å². The highest BCUT2D eigenvalue weighted by Gasteiger charge is 2.44. The predicted molar refractivity (Wildman–Crippen MR) is 112 cm³/mol. The number of hydrogen-bond acceptors (Lipinski definition) is 5. The van der Waals surface area contributed by atoms with Crippen LogP contribution in [-0.4, -0.2) is 39.8 Å². The maximum Gasteiger partial charge on any atom is 0.245 e. The summed E-state index contributed by atoms with van der Waals surface area (Å²) in [5.74, 6) is 0.0448. The Hall–Kier alpha value is -2.93. The Morgan fingerprint density at radius 3 is 2.72 bits per heavy atom. The number of amides is 2. The van der Waals surface area contributed by atoms with Crippen molar-refractivity contribution < 1.29 is 9.59 Å². The molecule has 1 spiro atoms. The van der Waals surface area contributed by atoms with E-state index in [0.29, 0.717) is 41.6 Å². The number of piperidine rings is 1. The van der Waals surface area contributed by atoms with Gasteiger partial charge in [-0.25, -0.2) is 9.97 Å². The minimum Gasteiger partial charge on any atom is -0.382 e. The number of likely N-dealkylation sites (tertiary alicyclic amines) is 1.